The van der Waals surface area contributed by atoms with Crippen molar-refractivity contribution < 1.29 is 24.2 Å². The molecule has 0 fully saturated rings. The Bertz CT molecular complexity index is 994. The van der Waals surface area contributed by atoms with E-state index < -0.39 is 23.8 Å². The first-order valence-corrected chi connectivity index (χ1v) is 9.05. The number of aromatic carboxylic acids is 1. The van der Waals surface area contributed by atoms with Gasteiger partial charge in [-0.3, -0.25) is 0 Å². The topological polar surface area (TPSA) is 160 Å². The van der Waals surface area contributed by atoms with Gasteiger partial charge in [0.15, 0.2) is 11.4 Å². The van der Waals surface area contributed by atoms with Crippen LogP contribution in [0.4, 0.5) is 10.6 Å². The van der Waals surface area contributed by atoms with Crippen LogP contribution in [-0.4, -0.2) is 45.4 Å². The fourth-order valence-corrected chi connectivity index (χ4v) is 2.37. The van der Waals surface area contributed by atoms with Gasteiger partial charge in [0.25, 0.3) is 0 Å². The van der Waals surface area contributed by atoms with Gasteiger partial charge in [-0.15, -0.1) is 0 Å². The molecule has 1 heterocycles. The third kappa shape index (κ3) is 6.07. The minimum absolute atomic E-state index is 0.0388. The molecule has 2 rings (SSSR count). The number of anilines is 1. The average Bonchev–Trinajstić information content (AvgIpc) is 2.64. The van der Waals surface area contributed by atoms with Gasteiger partial charge < -0.3 is 25.6 Å². The lowest BCUT2D eigenvalue weighted by Gasteiger charge is -2.21. The van der Waals surface area contributed by atoms with Crippen LogP contribution in [0.25, 0.3) is 11.4 Å². The number of nitrogens with one attached hydrogen (secondary N) is 1. The zero-order valence-electron chi connectivity index (χ0n) is 17.1. The number of aromatic nitrogens is 2. The minimum Gasteiger partial charge on any atom is -0.477 e. The van der Waals surface area contributed by atoms with Crippen LogP contribution in [0.15, 0.2) is 24.3 Å². The Morgan fingerprint density at radius 1 is 1.33 bits per heavy atom. The number of carboxylic acid groups (broad SMARTS) is 1. The number of alkyl carbamates (subject to hydrolysis) is 1. The van der Waals surface area contributed by atoms with Crippen LogP contribution in [0.2, 0.25) is 0 Å². The highest BCUT2D eigenvalue weighted by Crippen LogP contribution is 2.27. The molecule has 2 aromatic rings. The Morgan fingerprint density at radius 3 is 2.63 bits per heavy atom. The van der Waals surface area contributed by atoms with Crippen LogP contribution in [0.1, 0.15) is 43.6 Å². The molecular formula is C20H23N5O5. The molecule has 10 heteroatoms. The predicted octanol–water partition coefficient (Wildman–Crippen LogP) is 2.59. The summed E-state index contributed by atoms with van der Waals surface area (Å²) < 4.78 is 10.8. The molecule has 1 aromatic carbocycles. The van der Waals surface area contributed by atoms with E-state index in [-0.39, 0.29) is 29.6 Å². The SMILES string of the molecule is CC(CNC(=O)OC(C)(C)C)Oc1nc(-c2cccc(C#N)c2)nc(N)c1C(=O)O. The number of nitrogens with zero attached hydrogens (tertiary/aromatic N) is 3. The third-order valence-corrected chi connectivity index (χ3v) is 3.61. The van der Waals surface area contributed by atoms with Crippen LogP contribution in [-0.2, 0) is 4.74 Å². The van der Waals surface area contributed by atoms with Crippen LogP contribution < -0.4 is 15.8 Å². The highest BCUT2D eigenvalue weighted by Gasteiger charge is 2.23. The third-order valence-electron chi connectivity index (χ3n) is 3.61. The number of ether oxygens (including phenoxy) is 2. The summed E-state index contributed by atoms with van der Waals surface area (Å²) in [5, 5.41) is 21.1. The Morgan fingerprint density at radius 2 is 2.03 bits per heavy atom. The number of carbonyl (C=O) groups is 2. The quantitative estimate of drug-likeness (QED) is 0.646. The van der Waals surface area contributed by atoms with Crippen molar-refractivity contribution >= 4 is 17.9 Å². The van der Waals surface area contributed by atoms with Crippen LogP contribution in [0, 0.1) is 11.3 Å². The number of benzene rings is 1. The van der Waals surface area contributed by atoms with Crippen LogP contribution in [0.3, 0.4) is 0 Å². The molecule has 0 aliphatic rings. The second kappa shape index (κ2) is 9.09. The van der Waals surface area contributed by atoms with E-state index in [1.54, 1.807) is 52.0 Å². The summed E-state index contributed by atoms with van der Waals surface area (Å²) in [5.74, 6) is -1.77. The molecule has 0 saturated carbocycles. The summed E-state index contributed by atoms with van der Waals surface area (Å²) in [4.78, 5) is 31.6. The monoisotopic (exact) mass is 413 g/mol. The van der Waals surface area contributed by atoms with Gasteiger partial charge in [-0.1, -0.05) is 12.1 Å². The van der Waals surface area contributed by atoms with E-state index in [2.05, 4.69) is 15.3 Å². The van der Waals surface area contributed by atoms with Crippen molar-refractivity contribution in [1.82, 2.24) is 15.3 Å². The van der Waals surface area contributed by atoms with Crippen molar-refractivity contribution in [3.63, 3.8) is 0 Å². The van der Waals surface area contributed by atoms with Gasteiger partial charge in [-0.05, 0) is 39.8 Å². The lowest BCUT2D eigenvalue weighted by molar-refractivity contribution is 0.0500. The maximum absolute atomic E-state index is 11.8. The standard InChI is InChI=1S/C20H23N5O5/c1-11(10-23-19(28)30-20(2,3)4)29-17-14(18(26)27)15(22)24-16(25-17)13-7-5-6-12(8-13)9-21/h5-8,11H,10H2,1-4H3,(H,23,28)(H,26,27)(H2,22,24,25). The normalized spacial score (nSPS) is 11.8. The van der Waals surface area contributed by atoms with Crippen molar-refractivity contribution in [3.8, 4) is 23.3 Å². The smallest absolute Gasteiger partial charge is 0.407 e. The molecule has 0 bridgehead atoms. The number of rotatable bonds is 6. The summed E-state index contributed by atoms with van der Waals surface area (Å²) in [6, 6.07) is 8.47. The van der Waals surface area contributed by atoms with E-state index in [4.69, 9.17) is 20.5 Å². The largest absolute Gasteiger partial charge is 0.477 e. The van der Waals surface area contributed by atoms with Crippen LogP contribution in [0.5, 0.6) is 5.88 Å². The molecule has 0 aliphatic heterocycles. The molecule has 158 valence electrons. The van der Waals surface area contributed by atoms with Crippen molar-refractivity contribution in [1.29, 1.82) is 5.26 Å². The number of nitrogens with two attached hydrogens (primary N) is 1. The van der Waals surface area contributed by atoms with E-state index >= 15 is 0 Å². The Kier molecular flexibility index (Phi) is 6.79. The molecule has 0 saturated heterocycles. The molecule has 0 radical (unpaired) electrons. The summed E-state index contributed by atoms with van der Waals surface area (Å²) in [7, 11) is 0. The molecule has 0 spiro atoms. The highest BCUT2D eigenvalue weighted by molar-refractivity contribution is 5.95. The van der Waals surface area contributed by atoms with E-state index in [0.29, 0.717) is 11.1 Å². The Hall–Kier alpha value is -3.87. The number of amides is 1. The number of hydrogen-bond acceptors (Lipinski definition) is 8. The van der Waals surface area contributed by atoms with Gasteiger partial charge in [0, 0.05) is 5.56 Å². The summed E-state index contributed by atoms with van der Waals surface area (Å²) in [6.45, 7) is 6.86. The maximum Gasteiger partial charge on any atom is 0.407 e. The summed E-state index contributed by atoms with van der Waals surface area (Å²) in [5.41, 5.74) is 5.65. The van der Waals surface area contributed by atoms with Gasteiger partial charge in [0.05, 0.1) is 18.2 Å². The average molecular weight is 413 g/mol. The predicted molar refractivity (Wildman–Crippen MR) is 108 cm³/mol. The fourth-order valence-electron chi connectivity index (χ4n) is 2.37. The van der Waals surface area contributed by atoms with Gasteiger partial charge in [0.2, 0.25) is 5.88 Å². The number of carboxylic acids is 1. The van der Waals surface area contributed by atoms with Crippen molar-refractivity contribution in [2.75, 3.05) is 12.3 Å². The summed E-state index contributed by atoms with van der Waals surface area (Å²) >= 11 is 0. The molecule has 1 atom stereocenters. The highest BCUT2D eigenvalue weighted by atomic mass is 16.6. The van der Waals surface area contributed by atoms with Gasteiger partial charge in [-0.25, -0.2) is 14.6 Å². The van der Waals surface area contributed by atoms with Gasteiger partial charge >= 0.3 is 12.1 Å². The molecular weight excluding hydrogens is 390 g/mol. The lowest BCUT2D eigenvalue weighted by atomic mass is 10.1. The molecule has 4 N–H and O–H groups in total. The second-order valence-electron chi connectivity index (χ2n) is 7.42. The fraction of sp³-hybridized carbons (Fsp3) is 0.350. The molecule has 30 heavy (non-hydrogen) atoms. The Labute approximate surface area is 173 Å². The number of nitrogen functional groups attached to an aromatic ring is 1. The first-order chi connectivity index (χ1) is 14.0. The zero-order valence-corrected chi connectivity index (χ0v) is 17.1. The molecule has 10 nitrogen and oxygen atoms in total. The van der Waals surface area contributed by atoms with E-state index in [1.165, 1.54) is 0 Å². The molecule has 1 unspecified atom stereocenters. The number of carbonyl (C=O) groups excluding carboxylic acids is 1. The van der Waals surface area contributed by atoms with Crippen molar-refractivity contribution in [2.45, 2.75) is 39.4 Å². The van der Waals surface area contributed by atoms with E-state index in [1.807, 2.05) is 6.07 Å². The number of hydrogen-bond donors (Lipinski definition) is 3. The molecule has 1 aromatic heterocycles. The molecule has 1 amide bonds. The molecule has 0 aliphatic carbocycles. The second-order valence-corrected chi connectivity index (χ2v) is 7.42. The van der Waals surface area contributed by atoms with Crippen LogP contribution >= 0.6 is 0 Å². The zero-order chi connectivity index (χ0) is 22.5. The minimum atomic E-state index is -1.35. The summed E-state index contributed by atoms with van der Waals surface area (Å²) in [6.07, 6.45) is -1.28. The lowest BCUT2D eigenvalue weighted by Crippen LogP contribution is -2.38. The maximum atomic E-state index is 11.8. The van der Waals surface area contributed by atoms with Crippen molar-refractivity contribution in [2.24, 2.45) is 0 Å². The van der Waals surface area contributed by atoms with Gasteiger partial charge in [0.1, 0.15) is 17.5 Å². The van der Waals surface area contributed by atoms with E-state index in [9.17, 15) is 14.7 Å². The number of nitriles is 1. The first-order valence-electron chi connectivity index (χ1n) is 9.05. The Balaban J connectivity index is 2.27. The van der Waals surface area contributed by atoms with Crippen molar-refractivity contribution in [3.05, 3.63) is 35.4 Å². The van der Waals surface area contributed by atoms with E-state index in [0.717, 1.165) is 0 Å². The van der Waals surface area contributed by atoms with Gasteiger partial charge in [-0.2, -0.15) is 10.2 Å². The first kappa shape index (κ1) is 22.4.